The van der Waals surface area contributed by atoms with Gasteiger partial charge in [0.25, 0.3) is 11.6 Å². The van der Waals surface area contributed by atoms with Gasteiger partial charge in [0.2, 0.25) is 0 Å². The third-order valence-corrected chi connectivity index (χ3v) is 4.81. The van der Waals surface area contributed by atoms with E-state index in [0.29, 0.717) is 21.5 Å². The van der Waals surface area contributed by atoms with Crippen molar-refractivity contribution in [1.82, 2.24) is 5.32 Å². The first-order valence-electron chi connectivity index (χ1n) is 8.02. The number of amides is 1. The summed E-state index contributed by atoms with van der Waals surface area (Å²) in [4.78, 5) is 23.0. The molecule has 0 radical (unpaired) electrons. The molecule has 0 bridgehead atoms. The molecule has 0 atom stereocenters. The largest absolute Gasteiger partial charge is 0.496 e. The lowest BCUT2D eigenvalue weighted by Gasteiger charge is -2.13. The number of thiocarbonyl (C=S) groups is 1. The van der Waals surface area contributed by atoms with Crippen molar-refractivity contribution in [3.63, 3.8) is 0 Å². The summed E-state index contributed by atoms with van der Waals surface area (Å²) in [6, 6.07) is 15.3. The number of halogens is 1. The standard InChI is InChI=1S/C19H14BrN3O4S/c1-27-17-9-12-5-3-2-4-11(12)8-14(17)18(24)22-19(28)21-16-7-6-13(23(25)26)10-15(16)20/h2-10H,1H3,(H2,21,22,24,28). The molecule has 0 aliphatic heterocycles. The lowest BCUT2D eigenvalue weighted by molar-refractivity contribution is -0.384. The summed E-state index contributed by atoms with van der Waals surface area (Å²) in [5.74, 6) is -0.00588. The van der Waals surface area contributed by atoms with Crippen molar-refractivity contribution in [1.29, 1.82) is 0 Å². The molecular weight excluding hydrogens is 446 g/mol. The van der Waals surface area contributed by atoms with Crippen LogP contribution in [0.1, 0.15) is 10.4 Å². The van der Waals surface area contributed by atoms with Gasteiger partial charge >= 0.3 is 0 Å². The fourth-order valence-electron chi connectivity index (χ4n) is 2.61. The quantitative estimate of drug-likeness (QED) is 0.335. The number of non-ortho nitro benzene ring substituents is 1. The Morgan fingerprint density at radius 3 is 2.43 bits per heavy atom. The van der Waals surface area contributed by atoms with Crippen LogP contribution in [0.25, 0.3) is 10.8 Å². The highest BCUT2D eigenvalue weighted by molar-refractivity contribution is 9.10. The van der Waals surface area contributed by atoms with E-state index in [1.807, 2.05) is 24.3 Å². The van der Waals surface area contributed by atoms with Crippen molar-refractivity contribution in [3.8, 4) is 5.75 Å². The van der Waals surface area contributed by atoms with E-state index < -0.39 is 10.8 Å². The number of rotatable bonds is 4. The van der Waals surface area contributed by atoms with Crippen LogP contribution >= 0.6 is 28.1 Å². The number of carbonyl (C=O) groups excluding carboxylic acids is 1. The molecule has 0 spiro atoms. The number of anilines is 1. The molecule has 0 fully saturated rings. The van der Waals surface area contributed by atoms with Crippen LogP contribution in [-0.2, 0) is 0 Å². The van der Waals surface area contributed by atoms with Gasteiger partial charge in [0.1, 0.15) is 5.75 Å². The molecule has 7 nitrogen and oxygen atoms in total. The molecule has 142 valence electrons. The number of nitro benzene ring substituents is 1. The molecule has 3 aromatic rings. The summed E-state index contributed by atoms with van der Waals surface area (Å²) in [7, 11) is 1.49. The number of methoxy groups -OCH3 is 1. The van der Waals surface area contributed by atoms with Crippen LogP contribution in [0.2, 0.25) is 0 Å². The van der Waals surface area contributed by atoms with Crippen LogP contribution in [0.3, 0.4) is 0 Å². The number of fused-ring (bicyclic) bond motifs is 1. The molecular formula is C19H14BrN3O4S. The van der Waals surface area contributed by atoms with Crippen molar-refractivity contribution in [2.24, 2.45) is 0 Å². The fourth-order valence-corrected chi connectivity index (χ4v) is 3.28. The molecule has 1 amide bonds. The maximum atomic E-state index is 12.7. The summed E-state index contributed by atoms with van der Waals surface area (Å²) in [6.07, 6.45) is 0. The van der Waals surface area contributed by atoms with Gasteiger partial charge in [0.05, 0.1) is 23.3 Å². The highest BCUT2D eigenvalue weighted by Crippen LogP contribution is 2.28. The third-order valence-electron chi connectivity index (χ3n) is 3.95. The number of nitrogens with zero attached hydrogens (tertiary/aromatic N) is 1. The summed E-state index contributed by atoms with van der Waals surface area (Å²) in [5.41, 5.74) is 0.766. The Balaban J connectivity index is 1.78. The van der Waals surface area contributed by atoms with Crippen molar-refractivity contribution >= 4 is 61.3 Å². The second-order valence-electron chi connectivity index (χ2n) is 5.73. The Kier molecular flexibility index (Phi) is 5.86. The van der Waals surface area contributed by atoms with Crippen molar-refractivity contribution in [2.75, 3.05) is 12.4 Å². The molecule has 0 aliphatic rings. The Bertz CT molecular complexity index is 1100. The van der Waals surface area contributed by atoms with Gasteiger partial charge in [-0.15, -0.1) is 0 Å². The van der Waals surface area contributed by atoms with E-state index >= 15 is 0 Å². The molecule has 9 heteroatoms. The number of hydrogen-bond acceptors (Lipinski definition) is 5. The predicted molar refractivity (Wildman–Crippen MR) is 115 cm³/mol. The fraction of sp³-hybridized carbons (Fsp3) is 0.0526. The van der Waals surface area contributed by atoms with E-state index in [1.165, 1.54) is 25.3 Å². The summed E-state index contributed by atoms with van der Waals surface area (Å²) >= 11 is 8.44. The first-order chi connectivity index (χ1) is 13.4. The average Bonchev–Trinajstić information content (AvgIpc) is 2.68. The molecule has 3 aromatic carbocycles. The van der Waals surface area contributed by atoms with Gasteiger partial charge in [0.15, 0.2) is 5.11 Å². The smallest absolute Gasteiger partial charge is 0.270 e. The van der Waals surface area contributed by atoms with Gasteiger partial charge in [-0.1, -0.05) is 24.3 Å². The SMILES string of the molecule is COc1cc2ccccc2cc1C(=O)NC(=S)Nc1ccc([N+](=O)[O-])cc1Br. The monoisotopic (exact) mass is 459 g/mol. The van der Waals surface area contributed by atoms with E-state index in [9.17, 15) is 14.9 Å². The number of nitrogens with one attached hydrogen (secondary N) is 2. The third kappa shape index (κ3) is 4.26. The Labute approximate surface area is 174 Å². The van der Waals surface area contributed by atoms with Gasteiger partial charge in [-0.25, -0.2) is 0 Å². The molecule has 0 unspecified atom stereocenters. The zero-order chi connectivity index (χ0) is 20.3. The minimum absolute atomic E-state index is 0.0507. The molecule has 3 rings (SSSR count). The molecule has 2 N–H and O–H groups in total. The molecule has 0 saturated heterocycles. The van der Waals surface area contributed by atoms with E-state index in [0.717, 1.165) is 10.8 Å². The second kappa shape index (κ2) is 8.32. The number of ether oxygens (including phenoxy) is 1. The van der Waals surface area contributed by atoms with Crippen molar-refractivity contribution in [3.05, 3.63) is 74.7 Å². The number of nitro groups is 1. The second-order valence-corrected chi connectivity index (χ2v) is 6.99. The average molecular weight is 460 g/mol. The number of benzene rings is 3. The Morgan fingerprint density at radius 2 is 1.82 bits per heavy atom. The zero-order valence-corrected chi connectivity index (χ0v) is 17.0. The normalized spacial score (nSPS) is 10.4. The van der Waals surface area contributed by atoms with Crippen molar-refractivity contribution in [2.45, 2.75) is 0 Å². The Hall–Kier alpha value is -3.04. The highest BCUT2D eigenvalue weighted by atomic mass is 79.9. The van der Waals surface area contributed by atoms with Gasteiger partial charge in [-0.05, 0) is 57.1 Å². The van der Waals surface area contributed by atoms with Crippen LogP contribution in [0.5, 0.6) is 5.75 Å². The topological polar surface area (TPSA) is 93.5 Å². The minimum atomic E-state index is -0.499. The van der Waals surface area contributed by atoms with E-state index in [2.05, 4.69) is 26.6 Å². The molecule has 0 heterocycles. The summed E-state index contributed by atoms with van der Waals surface area (Å²) in [6.45, 7) is 0. The Morgan fingerprint density at radius 1 is 1.14 bits per heavy atom. The van der Waals surface area contributed by atoms with Crippen LogP contribution in [-0.4, -0.2) is 23.1 Å². The molecule has 0 saturated carbocycles. The minimum Gasteiger partial charge on any atom is -0.496 e. The number of hydrogen-bond donors (Lipinski definition) is 2. The lowest BCUT2D eigenvalue weighted by atomic mass is 10.1. The maximum absolute atomic E-state index is 12.7. The molecule has 0 aliphatic carbocycles. The van der Waals surface area contributed by atoms with Crippen LogP contribution in [0.15, 0.2) is 59.1 Å². The van der Waals surface area contributed by atoms with Gasteiger partial charge in [-0.3, -0.25) is 20.2 Å². The lowest BCUT2D eigenvalue weighted by Crippen LogP contribution is -2.34. The van der Waals surface area contributed by atoms with Crippen LogP contribution < -0.4 is 15.4 Å². The van der Waals surface area contributed by atoms with E-state index in [1.54, 1.807) is 12.1 Å². The number of carbonyl (C=O) groups is 1. The van der Waals surface area contributed by atoms with Gasteiger partial charge < -0.3 is 10.1 Å². The molecule has 0 aromatic heterocycles. The summed E-state index contributed by atoms with van der Waals surface area (Å²) in [5, 5.41) is 18.1. The zero-order valence-electron chi connectivity index (χ0n) is 14.6. The first kappa shape index (κ1) is 19.7. The maximum Gasteiger partial charge on any atom is 0.270 e. The molecule has 28 heavy (non-hydrogen) atoms. The van der Waals surface area contributed by atoms with E-state index in [4.69, 9.17) is 17.0 Å². The van der Waals surface area contributed by atoms with Gasteiger partial charge in [-0.2, -0.15) is 0 Å². The van der Waals surface area contributed by atoms with Crippen LogP contribution in [0, 0.1) is 10.1 Å². The van der Waals surface area contributed by atoms with Crippen LogP contribution in [0.4, 0.5) is 11.4 Å². The predicted octanol–water partition coefficient (Wildman–Crippen LogP) is 4.65. The van der Waals surface area contributed by atoms with Crippen molar-refractivity contribution < 1.29 is 14.5 Å². The van der Waals surface area contributed by atoms with Gasteiger partial charge in [0, 0.05) is 16.6 Å². The first-order valence-corrected chi connectivity index (χ1v) is 9.22. The summed E-state index contributed by atoms with van der Waals surface area (Å²) < 4.78 is 5.78. The van der Waals surface area contributed by atoms with E-state index in [-0.39, 0.29) is 10.8 Å². The highest BCUT2D eigenvalue weighted by Gasteiger charge is 2.16.